The highest BCUT2D eigenvalue weighted by molar-refractivity contribution is 5.82. The highest BCUT2D eigenvalue weighted by Crippen LogP contribution is 2.17. The standard InChI is InChI=1S/C16H21N3O/c1-3-18-16(20)8-9-17-11-13-10-12(2)19-15-7-5-4-6-14(13)15/h4-7,10,17H,3,8-9,11H2,1-2H3,(H,18,20). The van der Waals surface area contributed by atoms with Crippen LogP contribution in [0, 0.1) is 6.92 Å². The number of aryl methyl sites for hydroxylation is 1. The molecule has 4 nitrogen and oxygen atoms in total. The van der Waals surface area contributed by atoms with Gasteiger partial charge in [0.05, 0.1) is 5.52 Å². The Balaban J connectivity index is 1.98. The van der Waals surface area contributed by atoms with Gasteiger partial charge in [-0.2, -0.15) is 0 Å². The Morgan fingerprint density at radius 2 is 2.10 bits per heavy atom. The summed E-state index contributed by atoms with van der Waals surface area (Å²) in [4.78, 5) is 15.9. The molecule has 0 saturated carbocycles. The Labute approximate surface area is 119 Å². The van der Waals surface area contributed by atoms with E-state index in [0.29, 0.717) is 19.5 Å². The number of carbonyl (C=O) groups excluding carboxylic acids is 1. The van der Waals surface area contributed by atoms with Crippen LogP contribution in [0.25, 0.3) is 10.9 Å². The number of hydrogen-bond acceptors (Lipinski definition) is 3. The molecule has 1 amide bonds. The van der Waals surface area contributed by atoms with Crippen molar-refractivity contribution in [3.05, 3.63) is 41.6 Å². The molecule has 0 spiro atoms. The number of carbonyl (C=O) groups is 1. The minimum atomic E-state index is 0.0933. The van der Waals surface area contributed by atoms with Crippen LogP contribution in [0.2, 0.25) is 0 Å². The molecule has 2 aromatic rings. The maximum atomic E-state index is 11.4. The van der Waals surface area contributed by atoms with E-state index in [2.05, 4.69) is 27.8 Å². The van der Waals surface area contributed by atoms with Crippen molar-refractivity contribution < 1.29 is 4.79 Å². The molecule has 0 unspecified atom stereocenters. The Morgan fingerprint density at radius 1 is 1.30 bits per heavy atom. The number of benzene rings is 1. The molecule has 0 bridgehead atoms. The summed E-state index contributed by atoms with van der Waals surface area (Å²) in [5.74, 6) is 0.0933. The smallest absolute Gasteiger partial charge is 0.221 e. The molecule has 2 N–H and O–H groups in total. The van der Waals surface area contributed by atoms with E-state index in [9.17, 15) is 4.79 Å². The molecule has 0 saturated heterocycles. The lowest BCUT2D eigenvalue weighted by Crippen LogP contribution is -2.27. The molecule has 0 radical (unpaired) electrons. The van der Waals surface area contributed by atoms with Crippen molar-refractivity contribution in [2.45, 2.75) is 26.8 Å². The van der Waals surface area contributed by atoms with Gasteiger partial charge >= 0.3 is 0 Å². The van der Waals surface area contributed by atoms with Crippen molar-refractivity contribution in [3.8, 4) is 0 Å². The molecule has 2 rings (SSSR count). The van der Waals surface area contributed by atoms with Crippen molar-refractivity contribution in [2.24, 2.45) is 0 Å². The van der Waals surface area contributed by atoms with Gasteiger partial charge in [0.2, 0.25) is 5.91 Å². The third-order valence-electron chi connectivity index (χ3n) is 3.15. The van der Waals surface area contributed by atoms with Crippen LogP contribution in [0.5, 0.6) is 0 Å². The van der Waals surface area contributed by atoms with Gasteiger partial charge in [-0.15, -0.1) is 0 Å². The number of para-hydroxylation sites is 1. The number of fused-ring (bicyclic) bond motifs is 1. The zero-order valence-electron chi connectivity index (χ0n) is 12.1. The Hall–Kier alpha value is -1.94. The van der Waals surface area contributed by atoms with Crippen LogP contribution in [0.15, 0.2) is 30.3 Å². The number of rotatable bonds is 6. The van der Waals surface area contributed by atoms with Gasteiger partial charge in [0.25, 0.3) is 0 Å². The predicted molar refractivity (Wildman–Crippen MR) is 81.5 cm³/mol. The maximum absolute atomic E-state index is 11.4. The summed E-state index contributed by atoms with van der Waals surface area (Å²) in [5, 5.41) is 7.29. The van der Waals surface area contributed by atoms with Crippen LogP contribution in [0.1, 0.15) is 24.6 Å². The summed E-state index contributed by atoms with van der Waals surface area (Å²) in [7, 11) is 0. The number of nitrogens with zero attached hydrogens (tertiary/aromatic N) is 1. The third-order valence-corrected chi connectivity index (χ3v) is 3.15. The van der Waals surface area contributed by atoms with Crippen molar-refractivity contribution in [1.82, 2.24) is 15.6 Å². The van der Waals surface area contributed by atoms with Gasteiger partial charge in [-0.1, -0.05) is 18.2 Å². The van der Waals surface area contributed by atoms with E-state index in [4.69, 9.17) is 0 Å². The molecule has 20 heavy (non-hydrogen) atoms. The first-order chi connectivity index (χ1) is 9.70. The van der Waals surface area contributed by atoms with E-state index in [1.54, 1.807) is 0 Å². The fourth-order valence-electron chi connectivity index (χ4n) is 2.25. The largest absolute Gasteiger partial charge is 0.356 e. The van der Waals surface area contributed by atoms with E-state index >= 15 is 0 Å². The number of aromatic nitrogens is 1. The molecule has 0 aliphatic rings. The first-order valence-corrected chi connectivity index (χ1v) is 7.03. The quantitative estimate of drug-likeness (QED) is 0.792. The zero-order chi connectivity index (χ0) is 14.4. The lowest BCUT2D eigenvalue weighted by Gasteiger charge is -2.09. The third kappa shape index (κ3) is 3.78. The minimum absolute atomic E-state index is 0.0933. The van der Waals surface area contributed by atoms with E-state index in [-0.39, 0.29) is 5.91 Å². The van der Waals surface area contributed by atoms with Gasteiger partial charge in [0.15, 0.2) is 0 Å². The van der Waals surface area contributed by atoms with Crippen LogP contribution < -0.4 is 10.6 Å². The van der Waals surface area contributed by atoms with Crippen molar-refractivity contribution in [2.75, 3.05) is 13.1 Å². The van der Waals surface area contributed by atoms with E-state index < -0.39 is 0 Å². The molecular formula is C16H21N3O. The lowest BCUT2D eigenvalue weighted by molar-refractivity contribution is -0.120. The van der Waals surface area contributed by atoms with Crippen LogP contribution in [0.4, 0.5) is 0 Å². The second-order valence-electron chi connectivity index (χ2n) is 4.82. The summed E-state index contributed by atoms with van der Waals surface area (Å²) >= 11 is 0. The zero-order valence-corrected chi connectivity index (χ0v) is 12.1. The van der Waals surface area contributed by atoms with Gasteiger partial charge < -0.3 is 10.6 Å². The van der Waals surface area contributed by atoms with Gasteiger partial charge in [0.1, 0.15) is 0 Å². The summed E-state index contributed by atoms with van der Waals surface area (Å²) in [5.41, 5.74) is 3.27. The average molecular weight is 271 g/mol. The SMILES string of the molecule is CCNC(=O)CCNCc1cc(C)nc2ccccc12. The summed E-state index contributed by atoms with van der Waals surface area (Å²) in [6.45, 7) is 6.06. The highest BCUT2D eigenvalue weighted by atomic mass is 16.1. The van der Waals surface area contributed by atoms with Gasteiger partial charge in [0, 0.05) is 37.1 Å². The fourth-order valence-corrected chi connectivity index (χ4v) is 2.25. The molecule has 1 aromatic carbocycles. The molecule has 0 atom stereocenters. The molecule has 4 heteroatoms. The lowest BCUT2D eigenvalue weighted by atomic mass is 10.1. The molecule has 0 fully saturated rings. The number of amides is 1. The Kier molecular flexibility index (Phi) is 5.07. The van der Waals surface area contributed by atoms with Gasteiger partial charge in [-0.05, 0) is 31.5 Å². The number of hydrogen-bond donors (Lipinski definition) is 2. The molecule has 1 heterocycles. The Bertz CT molecular complexity index is 595. The van der Waals surface area contributed by atoms with Crippen LogP contribution in [-0.4, -0.2) is 24.0 Å². The highest BCUT2D eigenvalue weighted by Gasteiger charge is 2.04. The van der Waals surface area contributed by atoms with Crippen LogP contribution >= 0.6 is 0 Å². The monoisotopic (exact) mass is 271 g/mol. The summed E-state index contributed by atoms with van der Waals surface area (Å²) < 4.78 is 0. The van der Waals surface area contributed by atoms with E-state index in [1.165, 1.54) is 10.9 Å². The average Bonchev–Trinajstić information content (AvgIpc) is 2.43. The molecular weight excluding hydrogens is 250 g/mol. The van der Waals surface area contributed by atoms with E-state index in [0.717, 1.165) is 17.8 Å². The Morgan fingerprint density at radius 3 is 2.90 bits per heavy atom. The second kappa shape index (κ2) is 7.01. The first-order valence-electron chi connectivity index (χ1n) is 7.03. The fraction of sp³-hybridized carbons (Fsp3) is 0.375. The maximum Gasteiger partial charge on any atom is 0.221 e. The molecule has 0 aliphatic carbocycles. The van der Waals surface area contributed by atoms with Crippen molar-refractivity contribution in [1.29, 1.82) is 0 Å². The van der Waals surface area contributed by atoms with E-state index in [1.807, 2.05) is 32.0 Å². The van der Waals surface area contributed by atoms with Crippen LogP contribution in [-0.2, 0) is 11.3 Å². The van der Waals surface area contributed by atoms with Gasteiger partial charge in [-0.25, -0.2) is 0 Å². The van der Waals surface area contributed by atoms with Crippen molar-refractivity contribution in [3.63, 3.8) is 0 Å². The van der Waals surface area contributed by atoms with Crippen LogP contribution in [0.3, 0.4) is 0 Å². The second-order valence-corrected chi connectivity index (χ2v) is 4.82. The summed E-state index contributed by atoms with van der Waals surface area (Å²) in [6.07, 6.45) is 0.510. The number of nitrogens with one attached hydrogen (secondary N) is 2. The molecule has 0 aliphatic heterocycles. The topological polar surface area (TPSA) is 54.0 Å². The van der Waals surface area contributed by atoms with Gasteiger partial charge in [-0.3, -0.25) is 9.78 Å². The molecule has 1 aromatic heterocycles. The first kappa shape index (κ1) is 14.5. The van der Waals surface area contributed by atoms with Crippen molar-refractivity contribution >= 4 is 16.8 Å². The summed E-state index contributed by atoms with van der Waals surface area (Å²) in [6, 6.07) is 10.2. The normalized spacial score (nSPS) is 10.7. The number of pyridine rings is 1. The molecule has 106 valence electrons. The predicted octanol–water partition coefficient (Wildman–Crippen LogP) is 2.16. The minimum Gasteiger partial charge on any atom is -0.356 e.